The van der Waals surface area contributed by atoms with E-state index in [0.717, 1.165) is 0 Å². The van der Waals surface area contributed by atoms with Crippen LogP contribution in [-0.2, 0) is 4.74 Å². The first kappa shape index (κ1) is 9.47. The summed E-state index contributed by atoms with van der Waals surface area (Å²) in [5.74, 6) is 0. The molecule has 0 aromatic heterocycles. The average Bonchev–Trinajstić information content (AvgIpc) is 2.12. The Kier molecular flexibility index (Phi) is 3.23. The minimum atomic E-state index is 0.552. The minimum absolute atomic E-state index is 0.552. The van der Waals surface area contributed by atoms with E-state index in [2.05, 4.69) is 12.4 Å². The molecule has 2 fully saturated rings. The fraction of sp³-hybridized carbons (Fsp3) is 1.00. The highest BCUT2D eigenvalue weighted by atomic mass is 16.5. The maximum atomic E-state index is 6.02. The minimum Gasteiger partial charge on any atom is -0.375 e. The van der Waals surface area contributed by atoms with E-state index in [1.165, 1.54) is 44.9 Å². The van der Waals surface area contributed by atoms with Gasteiger partial charge < -0.3 is 10.1 Å². The van der Waals surface area contributed by atoms with Crippen molar-refractivity contribution in [2.24, 2.45) is 0 Å². The van der Waals surface area contributed by atoms with Crippen molar-refractivity contribution in [2.45, 2.75) is 63.2 Å². The predicted octanol–water partition coefficient (Wildman–Crippen LogP) is 2.09. The van der Waals surface area contributed by atoms with Crippen molar-refractivity contribution in [2.75, 3.05) is 7.05 Å². The van der Waals surface area contributed by atoms with Gasteiger partial charge in [0.15, 0.2) is 0 Å². The first-order chi connectivity index (χ1) is 6.38. The van der Waals surface area contributed by atoms with Gasteiger partial charge in [-0.2, -0.15) is 0 Å². The van der Waals surface area contributed by atoms with Gasteiger partial charge in [0, 0.05) is 6.04 Å². The molecule has 0 amide bonds. The topological polar surface area (TPSA) is 21.3 Å². The Labute approximate surface area is 81.0 Å². The summed E-state index contributed by atoms with van der Waals surface area (Å²) in [7, 11) is 2.07. The standard InChI is InChI=1S/C11H21NO/c1-12-9-4-2-7-11(8-9)13-10-5-3-6-10/h9-12H,2-8H2,1H3. The lowest BCUT2D eigenvalue weighted by atomic mass is 9.91. The first-order valence-electron chi connectivity index (χ1n) is 5.71. The van der Waals surface area contributed by atoms with Gasteiger partial charge in [0.2, 0.25) is 0 Å². The second-order valence-corrected chi connectivity index (χ2v) is 4.46. The molecule has 2 aliphatic rings. The summed E-state index contributed by atoms with van der Waals surface area (Å²) >= 11 is 0. The number of nitrogens with one attached hydrogen (secondary N) is 1. The number of hydrogen-bond donors (Lipinski definition) is 1. The molecule has 0 saturated heterocycles. The van der Waals surface area contributed by atoms with Crippen molar-refractivity contribution in [3.63, 3.8) is 0 Å². The predicted molar refractivity (Wildman–Crippen MR) is 53.8 cm³/mol. The van der Waals surface area contributed by atoms with E-state index in [4.69, 9.17) is 4.74 Å². The lowest BCUT2D eigenvalue weighted by Gasteiger charge is -2.35. The maximum absolute atomic E-state index is 6.02. The Balaban J connectivity index is 1.71. The molecule has 2 nitrogen and oxygen atoms in total. The third-order valence-electron chi connectivity index (χ3n) is 3.47. The van der Waals surface area contributed by atoms with Crippen LogP contribution in [0.2, 0.25) is 0 Å². The summed E-state index contributed by atoms with van der Waals surface area (Å²) in [6.45, 7) is 0. The molecule has 2 unspecified atom stereocenters. The van der Waals surface area contributed by atoms with Crippen LogP contribution in [0.4, 0.5) is 0 Å². The molecule has 2 atom stereocenters. The van der Waals surface area contributed by atoms with Crippen molar-refractivity contribution >= 4 is 0 Å². The molecular formula is C11H21NO. The van der Waals surface area contributed by atoms with Crippen LogP contribution in [-0.4, -0.2) is 25.3 Å². The Bertz CT molecular complexity index is 154. The summed E-state index contributed by atoms with van der Waals surface area (Å²) in [6.07, 6.45) is 10.3. The van der Waals surface area contributed by atoms with Gasteiger partial charge in [-0.3, -0.25) is 0 Å². The molecule has 2 heteroatoms. The van der Waals surface area contributed by atoms with Crippen molar-refractivity contribution in [3.8, 4) is 0 Å². The van der Waals surface area contributed by atoms with E-state index in [0.29, 0.717) is 18.2 Å². The van der Waals surface area contributed by atoms with Crippen LogP contribution in [0, 0.1) is 0 Å². The van der Waals surface area contributed by atoms with Gasteiger partial charge in [0.1, 0.15) is 0 Å². The zero-order valence-corrected chi connectivity index (χ0v) is 8.59. The Morgan fingerprint density at radius 2 is 1.69 bits per heavy atom. The third kappa shape index (κ3) is 2.44. The van der Waals surface area contributed by atoms with E-state index in [-0.39, 0.29) is 0 Å². The average molecular weight is 183 g/mol. The lowest BCUT2D eigenvalue weighted by Crippen LogP contribution is -2.37. The SMILES string of the molecule is CNC1CCCC(OC2CCC2)C1. The van der Waals surface area contributed by atoms with Gasteiger partial charge >= 0.3 is 0 Å². The van der Waals surface area contributed by atoms with Crippen LogP contribution in [0.5, 0.6) is 0 Å². The van der Waals surface area contributed by atoms with E-state index < -0.39 is 0 Å². The molecule has 0 aromatic rings. The molecular weight excluding hydrogens is 162 g/mol. The molecule has 2 saturated carbocycles. The van der Waals surface area contributed by atoms with E-state index in [9.17, 15) is 0 Å². The molecule has 0 bridgehead atoms. The Hall–Kier alpha value is -0.0800. The van der Waals surface area contributed by atoms with Crippen LogP contribution in [0.3, 0.4) is 0 Å². The zero-order valence-electron chi connectivity index (χ0n) is 8.59. The van der Waals surface area contributed by atoms with Crippen molar-refractivity contribution < 1.29 is 4.74 Å². The zero-order chi connectivity index (χ0) is 9.10. The lowest BCUT2D eigenvalue weighted by molar-refractivity contribution is -0.0684. The summed E-state index contributed by atoms with van der Waals surface area (Å²) < 4.78 is 6.02. The summed E-state index contributed by atoms with van der Waals surface area (Å²) in [4.78, 5) is 0. The van der Waals surface area contributed by atoms with Gasteiger partial charge in [0.25, 0.3) is 0 Å². The monoisotopic (exact) mass is 183 g/mol. The second-order valence-electron chi connectivity index (χ2n) is 4.46. The second kappa shape index (κ2) is 4.43. The quantitative estimate of drug-likeness (QED) is 0.723. The molecule has 0 aromatic carbocycles. The van der Waals surface area contributed by atoms with Crippen molar-refractivity contribution in [1.82, 2.24) is 5.32 Å². The molecule has 0 radical (unpaired) electrons. The molecule has 0 heterocycles. The van der Waals surface area contributed by atoms with Gasteiger partial charge in [0.05, 0.1) is 12.2 Å². The van der Waals surface area contributed by atoms with Crippen molar-refractivity contribution in [1.29, 1.82) is 0 Å². The Morgan fingerprint density at radius 1 is 1.00 bits per heavy atom. The van der Waals surface area contributed by atoms with E-state index in [1.807, 2.05) is 0 Å². The van der Waals surface area contributed by atoms with Crippen molar-refractivity contribution in [3.05, 3.63) is 0 Å². The normalized spacial score (nSPS) is 35.8. The fourth-order valence-electron chi connectivity index (χ4n) is 2.31. The fourth-order valence-corrected chi connectivity index (χ4v) is 2.31. The summed E-state index contributed by atoms with van der Waals surface area (Å²) in [6, 6.07) is 0.707. The van der Waals surface area contributed by atoms with Crippen LogP contribution in [0.15, 0.2) is 0 Å². The maximum Gasteiger partial charge on any atom is 0.0593 e. The van der Waals surface area contributed by atoms with Crippen LogP contribution < -0.4 is 5.32 Å². The number of rotatable bonds is 3. The molecule has 0 spiro atoms. The molecule has 0 aliphatic heterocycles. The third-order valence-corrected chi connectivity index (χ3v) is 3.47. The van der Waals surface area contributed by atoms with E-state index >= 15 is 0 Å². The molecule has 13 heavy (non-hydrogen) atoms. The largest absolute Gasteiger partial charge is 0.375 e. The highest BCUT2D eigenvalue weighted by Crippen LogP contribution is 2.28. The molecule has 2 rings (SSSR count). The summed E-state index contributed by atoms with van der Waals surface area (Å²) in [5, 5.41) is 3.36. The smallest absolute Gasteiger partial charge is 0.0593 e. The van der Waals surface area contributed by atoms with Crippen LogP contribution in [0.25, 0.3) is 0 Å². The van der Waals surface area contributed by atoms with E-state index in [1.54, 1.807) is 0 Å². The Morgan fingerprint density at radius 3 is 2.31 bits per heavy atom. The van der Waals surface area contributed by atoms with Gasteiger partial charge in [-0.05, 0) is 52.0 Å². The molecule has 1 N–H and O–H groups in total. The van der Waals surface area contributed by atoms with Gasteiger partial charge in [-0.15, -0.1) is 0 Å². The number of ether oxygens (including phenoxy) is 1. The molecule has 76 valence electrons. The number of hydrogen-bond acceptors (Lipinski definition) is 2. The van der Waals surface area contributed by atoms with Crippen LogP contribution >= 0.6 is 0 Å². The van der Waals surface area contributed by atoms with Gasteiger partial charge in [-0.25, -0.2) is 0 Å². The van der Waals surface area contributed by atoms with Gasteiger partial charge in [-0.1, -0.05) is 0 Å². The highest BCUT2D eigenvalue weighted by Gasteiger charge is 2.26. The highest BCUT2D eigenvalue weighted by molar-refractivity contribution is 4.80. The molecule has 2 aliphatic carbocycles. The summed E-state index contributed by atoms with van der Waals surface area (Å²) in [5.41, 5.74) is 0. The van der Waals surface area contributed by atoms with Crippen LogP contribution in [0.1, 0.15) is 44.9 Å². The first-order valence-corrected chi connectivity index (χ1v) is 5.71.